The van der Waals surface area contributed by atoms with Crippen LogP contribution in [0.3, 0.4) is 0 Å². The van der Waals surface area contributed by atoms with Crippen molar-refractivity contribution in [2.24, 2.45) is 17.3 Å². The van der Waals surface area contributed by atoms with Crippen molar-refractivity contribution in [3.8, 4) is 0 Å². The van der Waals surface area contributed by atoms with E-state index in [1.165, 1.54) is 12.3 Å². The Hall–Kier alpha value is -2.10. The van der Waals surface area contributed by atoms with Crippen molar-refractivity contribution < 1.29 is 33.3 Å². The number of Topliss-reactive ketones (excluding diaryl/α,β-unsaturated/α-hetero) is 1. The van der Waals surface area contributed by atoms with Crippen molar-refractivity contribution in [3.63, 3.8) is 0 Å². The van der Waals surface area contributed by atoms with Gasteiger partial charge in [-0.25, -0.2) is 9.37 Å². The Morgan fingerprint density at radius 3 is 2.61 bits per heavy atom. The second-order valence-corrected chi connectivity index (χ2v) is 11.3. The van der Waals surface area contributed by atoms with Crippen LogP contribution in [0.25, 0.3) is 6.08 Å². The highest BCUT2D eigenvalue weighted by atomic mass is 19.1. The van der Waals surface area contributed by atoms with Crippen LogP contribution in [-0.2, 0) is 14.3 Å². The highest BCUT2D eigenvalue weighted by molar-refractivity contribution is 5.88. The Morgan fingerprint density at radius 1 is 1.31 bits per heavy atom. The van der Waals surface area contributed by atoms with Gasteiger partial charge in [-0.2, -0.15) is 0 Å². The summed E-state index contributed by atoms with van der Waals surface area (Å²) in [7, 11) is 0. The highest BCUT2D eigenvalue weighted by Gasteiger charge is 2.53. The van der Waals surface area contributed by atoms with E-state index in [4.69, 9.17) is 9.15 Å². The SMILES string of the molecule is CC[C@H]1C(=O)C(C)(C)[C@@H](O)CC(=O)NC(C(F)=Cc2coc(C)n2)C[C@@H]2OC2(C)CCC[C@H](C)[C@@H]1O. The monoisotopic (exact) mass is 508 g/mol. The Labute approximate surface area is 212 Å². The van der Waals surface area contributed by atoms with Crippen LogP contribution in [-0.4, -0.2) is 56.8 Å². The number of carbonyl (C=O) groups is 2. The van der Waals surface area contributed by atoms with Gasteiger partial charge in [-0.15, -0.1) is 0 Å². The topological polar surface area (TPSA) is 125 Å². The molecule has 9 heteroatoms. The summed E-state index contributed by atoms with van der Waals surface area (Å²) in [5.74, 6) is -1.83. The van der Waals surface area contributed by atoms with Gasteiger partial charge in [-0.05, 0) is 32.1 Å². The number of halogens is 1. The molecule has 2 aliphatic rings. The van der Waals surface area contributed by atoms with Crippen molar-refractivity contribution in [1.29, 1.82) is 0 Å². The molecule has 36 heavy (non-hydrogen) atoms. The van der Waals surface area contributed by atoms with Crippen LogP contribution in [0.1, 0.15) is 84.7 Å². The maximum atomic E-state index is 15.3. The van der Waals surface area contributed by atoms with Gasteiger partial charge in [0.15, 0.2) is 5.89 Å². The lowest BCUT2D eigenvalue weighted by molar-refractivity contribution is -0.144. The molecule has 8 nitrogen and oxygen atoms in total. The van der Waals surface area contributed by atoms with Crippen molar-refractivity contribution in [2.45, 2.75) is 110 Å². The number of carbonyl (C=O) groups excluding carboxylic acids is 2. The van der Waals surface area contributed by atoms with Gasteiger partial charge in [0.25, 0.3) is 0 Å². The lowest BCUT2D eigenvalue weighted by Gasteiger charge is -2.35. The van der Waals surface area contributed by atoms with Crippen molar-refractivity contribution in [3.05, 3.63) is 23.7 Å². The van der Waals surface area contributed by atoms with Gasteiger partial charge >= 0.3 is 0 Å². The fourth-order valence-corrected chi connectivity index (χ4v) is 5.20. The molecule has 3 rings (SSSR count). The number of epoxide rings is 1. The summed E-state index contributed by atoms with van der Waals surface area (Å²) in [6, 6.07) is -0.982. The summed E-state index contributed by atoms with van der Waals surface area (Å²) in [6.45, 7) is 10.6. The first-order valence-electron chi connectivity index (χ1n) is 12.9. The number of aromatic nitrogens is 1. The summed E-state index contributed by atoms with van der Waals surface area (Å²) >= 11 is 0. The number of nitrogens with one attached hydrogen (secondary N) is 1. The highest BCUT2D eigenvalue weighted by Crippen LogP contribution is 2.44. The van der Waals surface area contributed by atoms with E-state index in [1.807, 2.05) is 20.8 Å². The number of nitrogens with zero attached hydrogens (tertiary/aromatic N) is 1. The molecular formula is C27H41FN2O6. The second kappa shape index (κ2) is 11.1. The molecule has 2 fully saturated rings. The van der Waals surface area contributed by atoms with E-state index < -0.39 is 46.9 Å². The molecule has 0 aromatic carbocycles. The molecule has 0 aliphatic carbocycles. The molecule has 202 valence electrons. The fourth-order valence-electron chi connectivity index (χ4n) is 5.20. The second-order valence-electron chi connectivity index (χ2n) is 11.3. The zero-order valence-corrected chi connectivity index (χ0v) is 22.2. The van der Waals surface area contributed by atoms with E-state index in [1.54, 1.807) is 20.8 Å². The van der Waals surface area contributed by atoms with Crippen LogP contribution in [0, 0.1) is 24.2 Å². The average molecular weight is 509 g/mol. The van der Waals surface area contributed by atoms with Crippen LogP contribution in [0.4, 0.5) is 4.39 Å². The number of hydrogen-bond acceptors (Lipinski definition) is 7. The number of amides is 1. The van der Waals surface area contributed by atoms with Gasteiger partial charge in [0.2, 0.25) is 5.91 Å². The number of fused-ring (bicyclic) bond motifs is 1. The first kappa shape index (κ1) is 28.5. The number of hydrogen-bond donors (Lipinski definition) is 3. The van der Waals surface area contributed by atoms with Crippen LogP contribution < -0.4 is 5.32 Å². The predicted molar refractivity (Wildman–Crippen MR) is 132 cm³/mol. The third-order valence-electron chi connectivity index (χ3n) is 8.03. The molecule has 1 aromatic heterocycles. The van der Waals surface area contributed by atoms with E-state index in [0.29, 0.717) is 24.4 Å². The number of aliphatic hydroxyl groups is 2. The molecule has 7 atom stereocenters. The Balaban J connectivity index is 1.87. The minimum absolute atomic E-state index is 0.122. The lowest BCUT2D eigenvalue weighted by atomic mass is 9.71. The fraction of sp³-hybridized carbons (Fsp3) is 0.741. The summed E-state index contributed by atoms with van der Waals surface area (Å²) < 4.78 is 26.4. The molecule has 3 N–H and O–H groups in total. The van der Waals surface area contributed by atoms with Crippen molar-refractivity contribution >= 4 is 17.8 Å². The van der Waals surface area contributed by atoms with Gasteiger partial charge in [0.1, 0.15) is 23.6 Å². The van der Waals surface area contributed by atoms with Crippen LogP contribution in [0.2, 0.25) is 0 Å². The summed E-state index contributed by atoms with van der Waals surface area (Å²) in [5, 5.41) is 24.6. The van der Waals surface area contributed by atoms with Crippen molar-refractivity contribution in [2.75, 3.05) is 0 Å². The molecule has 1 amide bonds. The van der Waals surface area contributed by atoms with E-state index in [-0.39, 0.29) is 30.6 Å². The minimum Gasteiger partial charge on any atom is -0.449 e. The summed E-state index contributed by atoms with van der Waals surface area (Å²) in [6.07, 6.45) is 2.63. The molecule has 2 aliphatic heterocycles. The maximum absolute atomic E-state index is 15.3. The Morgan fingerprint density at radius 2 is 2.00 bits per heavy atom. The Bertz CT molecular complexity index is 975. The molecule has 0 bridgehead atoms. The van der Waals surface area contributed by atoms with Crippen LogP contribution >= 0.6 is 0 Å². The molecule has 3 heterocycles. The van der Waals surface area contributed by atoms with E-state index >= 15 is 4.39 Å². The zero-order valence-electron chi connectivity index (χ0n) is 22.2. The molecule has 2 unspecified atom stereocenters. The third-order valence-corrected chi connectivity index (χ3v) is 8.03. The minimum atomic E-state index is -1.30. The molecule has 0 radical (unpaired) electrons. The number of oxazole rings is 1. The average Bonchev–Trinajstić information content (AvgIpc) is 3.24. The lowest BCUT2D eigenvalue weighted by Crippen LogP contribution is -2.48. The zero-order chi connectivity index (χ0) is 26.8. The smallest absolute Gasteiger partial charge is 0.223 e. The largest absolute Gasteiger partial charge is 0.449 e. The van der Waals surface area contributed by atoms with Crippen LogP contribution in [0.15, 0.2) is 16.5 Å². The van der Waals surface area contributed by atoms with Gasteiger partial charge in [-0.1, -0.05) is 34.1 Å². The number of ether oxygens (including phenoxy) is 1. The molecule has 1 aromatic rings. The van der Waals surface area contributed by atoms with E-state index in [2.05, 4.69) is 10.3 Å². The van der Waals surface area contributed by atoms with E-state index in [9.17, 15) is 19.8 Å². The standard InChI is InChI=1S/C27H41FN2O6/c1-7-18-24(33)15(2)9-8-10-27(6)22(36-27)12-20(19(28)11-17-14-35-16(3)29-17)30-23(32)13-21(31)26(4,5)25(18)34/h11,14-15,18,20-22,24,31,33H,7-10,12-13H2,1-6H3,(H,30,32)/t15-,18+,20?,21-,22-,24-,27?/m0/s1. The van der Waals surface area contributed by atoms with Gasteiger partial charge in [0, 0.05) is 25.3 Å². The number of ketones is 1. The predicted octanol–water partition coefficient (Wildman–Crippen LogP) is 3.88. The van der Waals surface area contributed by atoms with Gasteiger partial charge in [-0.3, -0.25) is 9.59 Å². The third kappa shape index (κ3) is 6.42. The van der Waals surface area contributed by atoms with Gasteiger partial charge in [0.05, 0.1) is 41.8 Å². The quantitative estimate of drug-likeness (QED) is 0.529. The molecule has 2 saturated heterocycles. The number of aryl methyl sites for hydroxylation is 1. The van der Waals surface area contributed by atoms with Crippen molar-refractivity contribution in [1.82, 2.24) is 10.3 Å². The van der Waals surface area contributed by atoms with Gasteiger partial charge < -0.3 is 24.7 Å². The number of aliphatic hydroxyl groups excluding tert-OH is 2. The normalized spacial score (nSPS) is 36.8. The first-order chi connectivity index (χ1) is 16.8. The Kier molecular flexibility index (Phi) is 8.78. The number of rotatable bonds is 3. The summed E-state index contributed by atoms with van der Waals surface area (Å²) in [5.41, 5.74) is -1.41. The molecular weight excluding hydrogens is 467 g/mol. The summed E-state index contributed by atoms with van der Waals surface area (Å²) in [4.78, 5) is 30.4. The molecule has 0 saturated carbocycles. The van der Waals surface area contributed by atoms with Crippen LogP contribution in [0.5, 0.6) is 0 Å². The first-order valence-corrected chi connectivity index (χ1v) is 12.9. The maximum Gasteiger partial charge on any atom is 0.223 e. The molecule has 0 spiro atoms. The van der Waals surface area contributed by atoms with E-state index in [0.717, 1.165) is 12.8 Å².